The summed E-state index contributed by atoms with van der Waals surface area (Å²) < 4.78 is 5.85. The highest BCUT2D eigenvalue weighted by molar-refractivity contribution is 5.74. The molecule has 4 heteroatoms. The third-order valence-corrected chi connectivity index (χ3v) is 6.51. The average Bonchev–Trinajstić information content (AvgIpc) is 2.70. The van der Waals surface area contributed by atoms with Gasteiger partial charge in [-0.15, -0.1) is 0 Å². The summed E-state index contributed by atoms with van der Waals surface area (Å²) in [5, 5.41) is 9.10. The van der Waals surface area contributed by atoms with Crippen molar-refractivity contribution < 1.29 is 19.4 Å². The zero-order valence-corrected chi connectivity index (χ0v) is 19.3. The Morgan fingerprint density at radius 2 is 1.24 bits per heavy atom. The largest absolute Gasteiger partial charge is 0.481 e. The molecule has 1 saturated carbocycles. The molecular formula is C25H46O4. The van der Waals surface area contributed by atoms with Crippen molar-refractivity contribution in [1.29, 1.82) is 0 Å². The van der Waals surface area contributed by atoms with E-state index in [-0.39, 0.29) is 23.9 Å². The molecule has 0 aliphatic heterocycles. The lowest BCUT2D eigenvalue weighted by atomic mass is 9.82. The zero-order chi connectivity index (χ0) is 21.5. The predicted molar refractivity (Wildman–Crippen MR) is 119 cm³/mol. The first-order valence-electron chi connectivity index (χ1n) is 12.4. The molecule has 1 atom stereocenters. The number of aliphatic carboxylic acids is 1. The van der Waals surface area contributed by atoms with Crippen LogP contribution in [-0.2, 0) is 14.3 Å². The molecule has 1 aliphatic rings. The fourth-order valence-corrected chi connectivity index (χ4v) is 4.36. The Kier molecular flexibility index (Phi) is 14.1. The van der Waals surface area contributed by atoms with Crippen molar-refractivity contribution in [2.24, 2.45) is 17.8 Å². The van der Waals surface area contributed by atoms with Crippen LogP contribution in [0.15, 0.2) is 0 Å². The summed E-state index contributed by atoms with van der Waals surface area (Å²) in [6.45, 7) is 6.51. The Balaban J connectivity index is 2.13. The van der Waals surface area contributed by atoms with Crippen molar-refractivity contribution in [1.82, 2.24) is 0 Å². The Morgan fingerprint density at radius 3 is 1.69 bits per heavy atom. The molecule has 0 bridgehead atoms. The van der Waals surface area contributed by atoms with Crippen molar-refractivity contribution in [2.45, 2.75) is 130 Å². The summed E-state index contributed by atoms with van der Waals surface area (Å²) >= 11 is 0. The van der Waals surface area contributed by atoms with Gasteiger partial charge in [-0.3, -0.25) is 9.59 Å². The Morgan fingerprint density at radius 1 is 0.793 bits per heavy atom. The lowest BCUT2D eigenvalue weighted by molar-refractivity contribution is -0.159. The summed E-state index contributed by atoms with van der Waals surface area (Å²) in [6, 6.07) is 0. The summed E-state index contributed by atoms with van der Waals surface area (Å²) in [5.41, 5.74) is 0. The van der Waals surface area contributed by atoms with Crippen LogP contribution in [0.2, 0.25) is 0 Å². The number of ether oxygens (including phenoxy) is 1. The second kappa shape index (κ2) is 15.7. The van der Waals surface area contributed by atoms with Crippen LogP contribution in [0.1, 0.15) is 124 Å². The Bertz CT molecular complexity index is 438. The van der Waals surface area contributed by atoms with Gasteiger partial charge in [0.1, 0.15) is 6.10 Å². The molecule has 1 fully saturated rings. The van der Waals surface area contributed by atoms with Crippen LogP contribution in [0, 0.1) is 17.8 Å². The number of carboxylic acids is 1. The second-order valence-electron chi connectivity index (χ2n) is 9.43. The maximum atomic E-state index is 12.5. The quantitative estimate of drug-likeness (QED) is 0.217. The van der Waals surface area contributed by atoms with E-state index in [1.807, 2.05) is 0 Å². The molecule has 0 aromatic heterocycles. The van der Waals surface area contributed by atoms with Crippen LogP contribution in [0.4, 0.5) is 0 Å². The van der Waals surface area contributed by atoms with Crippen LogP contribution in [-0.4, -0.2) is 23.1 Å². The van der Waals surface area contributed by atoms with Gasteiger partial charge < -0.3 is 9.84 Å². The lowest BCUT2D eigenvalue weighted by Crippen LogP contribution is -2.31. The van der Waals surface area contributed by atoms with Gasteiger partial charge in [-0.2, -0.15) is 0 Å². The van der Waals surface area contributed by atoms with Crippen molar-refractivity contribution in [3.63, 3.8) is 0 Å². The highest BCUT2D eigenvalue weighted by Crippen LogP contribution is 2.30. The van der Waals surface area contributed by atoms with Gasteiger partial charge in [0.25, 0.3) is 0 Å². The second-order valence-corrected chi connectivity index (χ2v) is 9.43. The zero-order valence-electron chi connectivity index (χ0n) is 19.3. The van der Waals surface area contributed by atoms with Crippen molar-refractivity contribution in [3.05, 3.63) is 0 Å². The molecule has 4 nitrogen and oxygen atoms in total. The first-order chi connectivity index (χ1) is 14.0. The van der Waals surface area contributed by atoms with E-state index in [1.165, 1.54) is 64.2 Å². The highest BCUT2D eigenvalue weighted by atomic mass is 16.5. The smallest absolute Gasteiger partial charge is 0.309 e. The number of carbonyl (C=O) groups is 2. The minimum absolute atomic E-state index is 0.00161. The van der Waals surface area contributed by atoms with E-state index in [9.17, 15) is 9.59 Å². The average molecular weight is 411 g/mol. The Hall–Kier alpha value is -1.06. The normalized spacial score (nSPS) is 20.6. The molecule has 29 heavy (non-hydrogen) atoms. The fourth-order valence-electron chi connectivity index (χ4n) is 4.36. The molecule has 0 radical (unpaired) electrons. The Labute approximate surface area is 179 Å². The monoisotopic (exact) mass is 410 g/mol. The minimum Gasteiger partial charge on any atom is -0.481 e. The van der Waals surface area contributed by atoms with E-state index in [0.717, 1.165) is 12.8 Å². The van der Waals surface area contributed by atoms with E-state index in [1.54, 1.807) is 0 Å². The molecule has 170 valence electrons. The van der Waals surface area contributed by atoms with Crippen LogP contribution < -0.4 is 0 Å². The van der Waals surface area contributed by atoms with E-state index in [2.05, 4.69) is 20.8 Å². The molecule has 1 N–H and O–H groups in total. The van der Waals surface area contributed by atoms with E-state index in [0.29, 0.717) is 31.6 Å². The molecule has 0 spiro atoms. The molecule has 1 aliphatic carbocycles. The van der Waals surface area contributed by atoms with Gasteiger partial charge in [0.15, 0.2) is 0 Å². The lowest BCUT2D eigenvalue weighted by Gasteiger charge is -2.28. The third kappa shape index (κ3) is 11.6. The van der Waals surface area contributed by atoms with E-state index in [4.69, 9.17) is 9.84 Å². The summed E-state index contributed by atoms with van der Waals surface area (Å²) in [6.07, 6.45) is 18.0. The van der Waals surface area contributed by atoms with Gasteiger partial charge in [0.05, 0.1) is 11.8 Å². The SMILES string of the molecule is CCCCCCCCCCCCCC(OC(=O)C1CCC(C(=O)O)CC1)C(C)C. The van der Waals surface area contributed by atoms with Crippen LogP contribution in [0.25, 0.3) is 0 Å². The molecule has 0 saturated heterocycles. The maximum Gasteiger partial charge on any atom is 0.309 e. The van der Waals surface area contributed by atoms with E-state index < -0.39 is 5.97 Å². The van der Waals surface area contributed by atoms with Gasteiger partial charge in [0, 0.05) is 0 Å². The minimum atomic E-state index is -0.728. The fraction of sp³-hybridized carbons (Fsp3) is 0.920. The van der Waals surface area contributed by atoms with Crippen LogP contribution in [0.3, 0.4) is 0 Å². The molecule has 0 aromatic carbocycles. The van der Waals surface area contributed by atoms with Gasteiger partial charge in [-0.05, 0) is 44.4 Å². The van der Waals surface area contributed by atoms with Crippen molar-refractivity contribution in [3.8, 4) is 0 Å². The summed E-state index contributed by atoms with van der Waals surface area (Å²) in [5.74, 6) is -0.887. The van der Waals surface area contributed by atoms with Gasteiger partial charge in [-0.25, -0.2) is 0 Å². The molecular weight excluding hydrogens is 364 g/mol. The van der Waals surface area contributed by atoms with Gasteiger partial charge in [0.2, 0.25) is 0 Å². The third-order valence-electron chi connectivity index (χ3n) is 6.51. The number of hydrogen-bond donors (Lipinski definition) is 1. The standard InChI is InChI=1S/C25H46O4/c1-4-5-6-7-8-9-10-11-12-13-14-15-23(20(2)3)29-25(28)22-18-16-21(17-19-22)24(26)27/h20-23H,4-19H2,1-3H3,(H,26,27). The maximum absolute atomic E-state index is 12.5. The molecule has 1 rings (SSSR count). The number of esters is 1. The number of carboxylic acid groups (broad SMARTS) is 1. The van der Waals surface area contributed by atoms with Gasteiger partial charge >= 0.3 is 11.9 Å². The molecule has 0 amide bonds. The predicted octanol–water partition coefficient (Wildman–Crippen LogP) is 7.15. The number of hydrogen-bond acceptors (Lipinski definition) is 3. The van der Waals surface area contributed by atoms with Crippen molar-refractivity contribution in [2.75, 3.05) is 0 Å². The first-order valence-corrected chi connectivity index (χ1v) is 12.4. The number of carbonyl (C=O) groups excluding carboxylic acids is 1. The number of unbranched alkanes of at least 4 members (excludes halogenated alkanes) is 10. The summed E-state index contributed by atoms with van der Waals surface area (Å²) in [7, 11) is 0. The van der Waals surface area contributed by atoms with Gasteiger partial charge in [-0.1, -0.05) is 85.0 Å². The van der Waals surface area contributed by atoms with Crippen molar-refractivity contribution >= 4 is 11.9 Å². The highest BCUT2D eigenvalue weighted by Gasteiger charge is 2.32. The topological polar surface area (TPSA) is 63.6 Å². The van der Waals surface area contributed by atoms with Crippen LogP contribution >= 0.6 is 0 Å². The molecule has 1 unspecified atom stereocenters. The van der Waals surface area contributed by atoms with Crippen LogP contribution in [0.5, 0.6) is 0 Å². The molecule has 0 aromatic rings. The first kappa shape index (κ1) is 26.0. The molecule has 0 heterocycles. The van der Waals surface area contributed by atoms with E-state index >= 15 is 0 Å². The number of rotatable bonds is 16. The summed E-state index contributed by atoms with van der Waals surface area (Å²) in [4.78, 5) is 23.6.